The number of pyridine rings is 1. The molecule has 2 aromatic heterocycles. The number of amides is 1. The van der Waals surface area contributed by atoms with Crippen molar-refractivity contribution >= 4 is 16.9 Å². The van der Waals surface area contributed by atoms with Gasteiger partial charge in [0.25, 0.3) is 5.91 Å². The maximum Gasteiger partial charge on any atom is 0.251 e. The van der Waals surface area contributed by atoms with Crippen molar-refractivity contribution in [2.45, 2.75) is 0 Å². The van der Waals surface area contributed by atoms with E-state index in [4.69, 9.17) is 14.2 Å². The molecular formula is C26H29N5O4. The Hall–Kier alpha value is -4.11. The van der Waals surface area contributed by atoms with Gasteiger partial charge >= 0.3 is 0 Å². The molecule has 2 N–H and O–H groups in total. The molecule has 0 aliphatic heterocycles. The Bertz CT molecular complexity index is 1320. The summed E-state index contributed by atoms with van der Waals surface area (Å²) in [5.41, 5.74) is 4.48. The van der Waals surface area contributed by atoms with E-state index in [0.29, 0.717) is 35.0 Å². The molecule has 0 bridgehead atoms. The van der Waals surface area contributed by atoms with Crippen LogP contribution in [0.5, 0.6) is 17.2 Å². The van der Waals surface area contributed by atoms with Crippen LogP contribution in [0.1, 0.15) is 10.4 Å². The lowest BCUT2D eigenvalue weighted by Crippen LogP contribution is -2.31. The Labute approximate surface area is 204 Å². The first-order valence-electron chi connectivity index (χ1n) is 11.1. The molecule has 35 heavy (non-hydrogen) atoms. The monoisotopic (exact) mass is 475 g/mol. The molecule has 9 nitrogen and oxygen atoms in total. The molecule has 4 aromatic rings. The molecule has 182 valence electrons. The lowest BCUT2D eigenvalue weighted by molar-refractivity contribution is 0.0951. The highest BCUT2D eigenvalue weighted by atomic mass is 16.5. The van der Waals surface area contributed by atoms with Gasteiger partial charge in [-0.15, -0.1) is 0 Å². The third-order valence-corrected chi connectivity index (χ3v) is 5.69. The molecule has 0 saturated heterocycles. The summed E-state index contributed by atoms with van der Waals surface area (Å²) in [7, 11) is 8.66. The molecule has 0 radical (unpaired) electrons. The van der Waals surface area contributed by atoms with Crippen LogP contribution >= 0.6 is 0 Å². The second-order valence-electron chi connectivity index (χ2n) is 8.21. The van der Waals surface area contributed by atoms with Crippen molar-refractivity contribution < 1.29 is 19.0 Å². The van der Waals surface area contributed by atoms with Crippen LogP contribution in [-0.2, 0) is 0 Å². The number of benzene rings is 2. The van der Waals surface area contributed by atoms with Crippen LogP contribution < -0.4 is 19.5 Å². The van der Waals surface area contributed by atoms with Crippen LogP contribution in [0.4, 0.5) is 0 Å². The highest BCUT2D eigenvalue weighted by molar-refractivity contribution is 6.03. The van der Waals surface area contributed by atoms with Crippen molar-refractivity contribution in [2.75, 3.05) is 48.5 Å². The first-order chi connectivity index (χ1) is 17.0. The van der Waals surface area contributed by atoms with Crippen molar-refractivity contribution in [3.63, 3.8) is 0 Å². The zero-order chi connectivity index (χ0) is 24.9. The van der Waals surface area contributed by atoms with E-state index in [0.717, 1.165) is 34.3 Å². The highest BCUT2D eigenvalue weighted by Gasteiger charge is 2.19. The zero-order valence-electron chi connectivity index (χ0n) is 20.5. The van der Waals surface area contributed by atoms with Gasteiger partial charge in [-0.25, -0.2) is 4.98 Å². The number of ether oxygens (including phenoxy) is 3. The van der Waals surface area contributed by atoms with Gasteiger partial charge in [-0.3, -0.25) is 9.89 Å². The SMILES string of the molecule is COc1cc(-c2[nH]nc3nccc(-c4cccc(C(=O)NCCN(C)C)c4)c23)cc(OC)c1OC. The molecule has 9 heteroatoms. The fourth-order valence-corrected chi connectivity index (χ4v) is 3.94. The molecule has 0 saturated carbocycles. The number of H-pyrrole nitrogens is 1. The number of fused-ring (bicyclic) bond motifs is 1. The zero-order valence-corrected chi connectivity index (χ0v) is 20.5. The molecule has 1 amide bonds. The van der Waals surface area contributed by atoms with E-state index in [-0.39, 0.29) is 5.91 Å². The average Bonchev–Trinajstić information content (AvgIpc) is 3.32. The number of nitrogens with one attached hydrogen (secondary N) is 2. The van der Waals surface area contributed by atoms with Gasteiger partial charge in [0.1, 0.15) is 0 Å². The van der Waals surface area contributed by atoms with E-state index in [1.54, 1.807) is 27.5 Å². The van der Waals surface area contributed by atoms with Gasteiger partial charge in [0, 0.05) is 30.4 Å². The van der Waals surface area contributed by atoms with Crippen LogP contribution in [0.2, 0.25) is 0 Å². The Kier molecular flexibility index (Phi) is 7.17. The molecule has 0 spiro atoms. The van der Waals surface area contributed by atoms with E-state index in [1.807, 2.05) is 61.5 Å². The number of aromatic amines is 1. The van der Waals surface area contributed by atoms with Crippen LogP contribution in [-0.4, -0.2) is 74.5 Å². The van der Waals surface area contributed by atoms with Crippen LogP contribution in [0, 0.1) is 0 Å². The van der Waals surface area contributed by atoms with Crippen molar-refractivity contribution in [1.82, 2.24) is 25.4 Å². The molecule has 0 unspecified atom stereocenters. The van der Waals surface area contributed by atoms with Gasteiger partial charge in [0.2, 0.25) is 5.75 Å². The molecule has 2 aromatic carbocycles. The van der Waals surface area contributed by atoms with E-state index in [1.165, 1.54) is 0 Å². The van der Waals surface area contributed by atoms with Gasteiger partial charge < -0.3 is 24.4 Å². The Morgan fingerprint density at radius 2 is 1.74 bits per heavy atom. The summed E-state index contributed by atoms with van der Waals surface area (Å²) in [6.45, 7) is 1.34. The first-order valence-corrected chi connectivity index (χ1v) is 11.1. The van der Waals surface area contributed by atoms with Crippen LogP contribution in [0.25, 0.3) is 33.4 Å². The van der Waals surface area contributed by atoms with Gasteiger partial charge in [0.05, 0.1) is 32.4 Å². The van der Waals surface area contributed by atoms with Gasteiger partial charge in [-0.05, 0) is 55.6 Å². The normalized spacial score (nSPS) is 11.0. The topological polar surface area (TPSA) is 102 Å². The predicted octanol–water partition coefficient (Wildman–Crippen LogP) is 3.61. The number of carbonyl (C=O) groups excluding carboxylic acids is 1. The van der Waals surface area contributed by atoms with Crippen molar-refractivity contribution in [3.05, 3.63) is 54.2 Å². The summed E-state index contributed by atoms with van der Waals surface area (Å²) in [6.07, 6.45) is 1.71. The van der Waals surface area contributed by atoms with E-state index >= 15 is 0 Å². The minimum Gasteiger partial charge on any atom is -0.493 e. The van der Waals surface area contributed by atoms with E-state index in [2.05, 4.69) is 20.5 Å². The Balaban J connectivity index is 1.79. The standard InChI is InChI=1S/C26H29N5O4/c1-31(2)12-11-28-26(32)17-8-6-7-16(13-17)19-9-10-27-25-22(19)23(29-30-25)18-14-20(33-3)24(35-5)21(15-18)34-4/h6-10,13-15H,11-12H2,1-5H3,(H,28,32)(H,27,29,30). The lowest BCUT2D eigenvalue weighted by Gasteiger charge is -2.14. The fraction of sp³-hybridized carbons (Fsp3) is 0.269. The summed E-state index contributed by atoms with van der Waals surface area (Å²) in [4.78, 5) is 19.2. The minimum absolute atomic E-state index is 0.115. The minimum atomic E-state index is -0.115. The van der Waals surface area contributed by atoms with E-state index in [9.17, 15) is 4.79 Å². The molecule has 0 aliphatic carbocycles. The van der Waals surface area contributed by atoms with Gasteiger partial charge in [0.15, 0.2) is 17.1 Å². The Morgan fingerprint density at radius 3 is 2.40 bits per heavy atom. The maximum atomic E-state index is 12.7. The highest BCUT2D eigenvalue weighted by Crippen LogP contribution is 2.43. The number of aromatic nitrogens is 3. The molecule has 4 rings (SSSR count). The van der Waals surface area contributed by atoms with Gasteiger partial charge in [-0.1, -0.05) is 12.1 Å². The number of rotatable bonds is 9. The number of hydrogen-bond donors (Lipinski definition) is 2. The molecule has 0 aliphatic rings. The summed E-state index contributed by atoms with van der Waals surface area (Å²) in [5.74, 6) is 1.46. The summed E-state index contributed by atoms with van der Waals surface area (Å²) in [6, 6.07) is 13.2. The smallest absolute Gasteiger partial charge is 0.251 e. The third kappa shape index (κ3) is 4.90. The van der Waals surface area contributed by atoms with Crippen molar-refractivity contribution in [2.24, 2.45) is 0 Å². The predicted molar refractivity (Wildman–Crippen MR) is 135 cm³/mol. The quantitative estimate of drug-likeness (QED) is 0.381. The van der Waals surface area contributed by atoms with E-state index < -0.39 is 0 Å². The lowest BCUT2D eigenvalue weighted by atomic mass is 9.98. The Morgan fingerprint density at radius 1 is 1.00 bits per heavy atom. The van der Waals surface area contributed by atoms with Crippen molar-refractivity contribution in [1.29, 1.82) is 0 Å². The number of likely N-dealkylation sites (N-methyl/N-ethyl adjacent to an activating group) is 1. The number of carbonyl (C=O) groups is 1. The van der Waals surface area contributed by atoms with Crippen LogP contribution in [0.3, 0.4) is 0 Å². The average molecular weight is 476 g/mol. The molecular weight excluding hydrogens is 446 g/mol. The maximum absolute atomic E-state index is 12.7. The number of nitrogens with zero attached hydrogens (tertiary/aromatic N) is 3. The first kappa shape index (κ1) is 24.0. The van der Waals surface area contributed by atoms with Gasteiger partial charge in [-0.2, -0.15) is 5.10 Å². The van der Waals surface area contributed by atoms with Crippen molar-refractivity contribution in [3.8, 4) is 39.6 Å². The summed E-state index contributed by atoms with van der Waals surface area (Å²) >= 11 is 0. The number of hydrogen-bond acceptors (Lipinski definition) is 7. The summed E-state index contributed by atoms with van der Waals surface area (Å²) < 4.78 is 16.5. The third-order valence-electron chi connectivity index (χ3n) is 5.69. The largest absolute Gasteiger partial charge is 0.493 e. The second kappa shape index (κ2) is 10.4. The summed E-state index contributed by atoms with van der Waals surface area (Å²) in [5, 5.41) is 11.3. The molecule has 0 atom stereocenters. The molecule has 0 fully saturated rings. The number of methoxy groups -OCH3 is 3. The van der Waals surface area contributed by atoms with Crippen LogP contribution in [0.15, 0.2) is 48.7 Å². The molecule has 2 heterocycles. The fourth-order valence-electron chi connectivity index (χ4n) is 3.94. The second-order valence-corrected chi connectivity index (χ2v) is 8.21.